The van der Waals surface area contributed by atoms with E-state index in [2.05, 4.69) is 4.98 Å². The van der Waals surface area contributed by atoms with Gasteiger partial charge in [-0.1, -0.05) is 6.20 Å². The molecule has 1 heterocycles. The zero-order chi connectivity index (χ0) is 8.48. The second-order valence-corrected chi connectivity index (χ2v) is 2.18. The molecule has 12 heavy (non-hydrogen) atoms. The van der Waals surface area contributed by atoms with E-state index in [0.717, 1.165) is 12.1 Å². The number of nitrogens with zero attached hydrogens (tertiary/aromatic N) is 1. The van der Waals surface area contributed by atoms with Crippen LogP contribution in [0.2, 0.25) is 5.15 Å². The maximum Gasteiger partial charge on any atom is 0.395 e. The largest absolute Gasteiger partial charge is 0.395 e. The molecule has 1 radical (unpaired) electrons. The Bertz CT molecular complexity index is 246. The summed E-state index contributed by atoms with van der Waals surface area (Å²) < 4.78 is 35.4. The second kappa shape index (κ2) is 4.12. The van der Waals surface area contributed by atoms with E-state index in [0.29, 0.717) is 0 Å². The fourth-order valence-electron chi connectivity index (χ4n) is 0.498. The summed E-state index contributed by atoms with van der Waals surface area (Å²) in [5, 5.41) is -0.00185. The van der Waals surface area contributed by atoms with Crippen molar-refractivity contribution < 1.29 is 30.2 Å². The number of hydrogen-bond donors (Lipinski definition) is 0. The predicted molar refractivity (Wildman–Crippen MR) is 33.1 cm³/mol. The third kappa shape index (κ3) is 3.01. The van der Waals surface area contributed by atoms with E-state index in [1.165, 1.54) is 0 Å². The second-order valence-electron chi connectivity index (χ2n) is 1.79. The molecule has 1 rings (SSSR count). The molecule has 0 aliphatic rings. The molecule has 0 unspecified atom stereocenters. The molecule has 67 valence electrons. The zero-order valence-electron chi connectivity index (χ0n) is 5.49. The van der Waals surface area contributed by atoms with Gasteiger partial charge in [0, 0.05) is 22.2 Å². The van der Waals surface area contributed by atoms with Crippen LogP contribution in [0, 0.1) is 6.20 Å². The van der Waals surface area contributed by atoms with Crippen molar-refractivity contribution in [2.45, 2.75) is 6.18 Å². The molecular weight excluding hydrogens is 233 g/mol. The summed E-state index contributed by atoms with van der Waals surface area (Å²) in [4.78, 5) is 3.17. The van der Waals surface area contributed by atoms with Gasteiger partial charge in [0.15, 0.2) is 0 Å². The van der Waals surface area contributed by atoms with E-state index in [4.69, 9.17) is 11.6 Å². The van der Waals surface area contributed by atoms with Crippen LogP contribution in [-0.2, 0) is 23.2 Å². The van der Waals surface area contributed by atoms with Crippen molar-refractivity contribution in [1.82, 2.24) is 4.98 Å². The van der Waals surface area contributed by atoms with E-state index in [-0.39, 0.29) is 22.2 Å². The first-order chi connectivity index (χ1) is 5.00. The monoisotopic (exact) mass is 235 g/mol. The van der Waals surface area contributed by atoms with Gasteiger partial charge in [-0.05, 0) is 5.56 Å². The maximum atomic E-state index is 11.8. The molecule has 1 aromatic rings. The number of hydrogen-bond acceptors (Lipinski definition) is 1. The van der Waals surface area contributed by atoms with E-state index in [9.17, 15) is 13.2 Å². The van der Waals surface area contributed by atoms with Crippen LogP contribution in [0.3, 0.4) is 0 Å². The molecule has 0 aromatic carbocycles. The quantitative estimate of drug-likeness (QED) is 0.383. The third-order valence-electron chi connectivity index (χ3n) is 0.976. The fraction of sp³-hybridized carbons (Fsp3) is 0.167. The van der Waals surface area contributed by atoms with Gasteiger partial charge in [-0.25, -0.2) is 0 Å². The Morgan fingerprint density at radius 1 is 1.33 bits per heavy atom. The first kappa shape index (κ1) is 11.7. The van der Waals surface area contributed by atoms with Crippen molar-refractivity contribution in [3.8, 4) is 0 Å². The summed E-state index contributed by atoms with van der Waals surface area (Å²) in [5.41, 5.74) is -0.915. The van der Waals surface area contributed by atoms with Crippen molar-refractivity contribution in [2.75, 3.05) is 0 Å². The summed E-state index contributed by atoms with van der Waals surface area (Å²) in [5.74, 6) is 0. The number of alkyl halides is 3. The number of pyridine rings is 1. The van der Waals surface area contributed by atoms with Gasteiger partial charge in [-0.15, -0.1) is 17.7 Å². The Labute approximate surface area is 82.4 Å². The minimum absolute atomic E-state index is 0. The van der Waals surface area contributed by atoms with Crippen molar-refractivity contribution >= 4 is 11.6 Å². The molecule has 1 nitrogen and oxygen atoms in total. The SMILES string of the molecule is FC(F)(F)c1[c-]nc(Cl)cc1.[Mn]. The molecule has 0 atom stereocenters. The summed E-state index contributed by atoms with van der Waals surface area (Å²) in [7, 11) is 0. The Balaban J connectivity index is 0.00000121. The molecule has 0 aliphatic carbocycles. The first-order valence-corrected chi connectivity index (χ1v) is 2.99. The van der Waals surface area contributed by atoms with Crippen molar-refractivity contribution in [2.24, 2.45) is 0 Å². The van der Waals surface area contributed by atoms with Crippen LogP contribution < -0.4 is 0 Å². The number of halogens is 4. The van der Waals surface area contributed by atoms with Gasteiger partial charge < -0.3 is 4.98 Å². The Morgan fingerprint density at radius 2 is 1.92 bits per heavy atom. The smallest absolute Gasteiger partial charge is 0.375 e. The predicted octanol–water partition coefficient (Wildman–Crippen LogP) is 2.55. The van der Waals surface area contributed by atoms with Crippen LogP contribution in [0.5, 0.6) is 0 Å². The van der Waals surface area contributed by atoms with Gasteiger partial charge in [-0.3, -0.25) is 0 Å². The molecule has 0 amide bonds. The summed E-state index contributed by atoms with van der Waals surface area (Å²) in [6.45, 7) is 0. The standard InChI is InChI=1S/C6H2ClF3N.Mn/c7-5-2-1-4(3-11-5)6(8,9)10;/h1-2H;/q-1;. The normalized spacial score (nSPS) is 10.7. The van der Waals surface area contributed by atoms with Gasteiger partial charge in [0.2, 0.25) is 0 Å². The van der Waals surface area contributed by atoms with E-state index in [1.54, 1.807) is 6.20 Å². The van der Waals surface area contributed by atoms with Crippen LogP contribution >= 0.6 is 11.6 Å². The minimum Gasteiger partial charge on any atom is -0.375 e. The average Bonchev–Trinajstić information content (AvgIpc) is 1.86. The molecule has 0 saturated carbocycles. The average molecular weight is 235 g/mol. The van der Waals surface area contributed by atoms with E-state index >= 15 is 0 Å². The topological polar surface area (TPSA) is 12.9 Å². The third-order valence-corrected chi connectivity index (χ3v) is 1.19. The molecule has 0 saturated heterocycles. The van der Waals surface area contributed by atoms with Gasteiger partial charge >= 0.3 is 6.18 Å². The van der Waals surface area contributed by atoms with Crippen molar-refractivity contribution in [3.63, 3.8) is 0 Å². The van der Waals surface area contributed by atoms with Crippen LogP contribution in [-0.4, -0.2) is 4.98 Å². The van der Waals surface area contributed by atoms with Crippen molar-refractivity contribution in [3.05, 3.63) is 29.0 Å². The molecular formula is C6H2ClF3MnN-. The molecule has 0 fully saturated rings. The molecule has 0 spiro atoms. The van der Waals surface area contributed by atoms with Gasteiger partial charge in [0.05, 0.1) is 0 Å². The van der Waals surface area contributed by atoms with E-state index in [1.807, 2.05) is 0 Å². The first-order valence-electron chi connectivity index (χ1n) is 2.61. The Hall–Kier alpha value is -0.251. The molecule has 0 bridgehead atoms. The fourth-order valence-corrected chi connectivity index (χ4v) is 0.603. The van der Waals surface area contributed by atoms with Crippen LogP contribution in [0.15, 0.2) is 12.1 Å². The zero-order valence-corrected chi connectivity index (χ0v) is 7.43. The van der Waals surface area contributed by atoms with E-state index < -0.39 is 11.7 Å². The Morgan fingerprint density at radius 3 is 2.25 bits per heavy atom. The molecule has 1 aromatic heterocycles. The van der Waals surface area contributed by atoms with Gasteiger partial charge in [0.1, 0.15) is 0 Å². The van der Waals surface area contributed by atoms with Gasteiger partial charge in [-0.2, -0.15) is 19.2 Å². The van der Waals surface area contributed by atoms with Crippen LogP contribution in [0.1, 0.15) is 5.56 Å². The summed E-state index contributed by atoms with van der Waals surface area (Å²) in [6, 6.07) is 1.90. The maximum absolute atomic E-state index is 11.8. The van der Waals surface area contributed by atoms with Crippen LogP contribution in [0.25, 0.3) is 0 Å². The van der Waals surface area contributed by atoms with Gasteiger partial charge in [0.25, 0.3) is 0 Å². The molecule has 0 aliphatic heterocycles. The molecule has 0 N–H and O–H groups in total. The summed E-state index contributed by atoms with van der Waals surface area (Å²) in [6.07, 6.45) is -2.62. The van der Waals surface area contributed by atoms with Crippen LogP contribution in [0.4, 0.5) is 13.2 Å². The molecule has 6 heteroatoms. The minimum atomic E-state index is -4.39. The van der Waals surface area contributed by atoms with Crippen molar-refractivity contribution in [1.29, 1.82) is 0 Å². The number of aromatic nitrogens is 1. The summed E-state index contributed by atoms with van der Waals surface area (Å²) >= 11 is 5.25. The number of rotatable bonds is 0. The Kier molecular flexibility index (Phi) is 4.03.